The van der Waals surface area contributed by atoms with E-state index in [1.54, 1.807) is 0 Å². The van der Waals surface area contributed by atoms with Gasteiger partial charge in [-0.25, -0.2) is 0 Å². The van der Waals surface area contributed by atoms with E-state index in [0.29, 0.717) is 11.8 Å². The Kier molecular flexibility index (Phi) is 2.77. The van der Waals surface area contributed by atoms with Crippen molar-refractivity contribution < 1.29 is 4.42 Å². The molecule has 0 saturated carbocycles. The second-order valence-electron chi connectivity index (χ2n) is 4.52. The molecule has 0 bridgehead atoms. The second-order valence-corrected chi connectivity index (χ2v) is 4.52. The molecule has 0 N–H and O–H groups in total. The van der Waals surface area contributed by atoms with E-state index in [-0.39, 0.29) is 5.41 Å². The van der Waals surface area contributed by atoms with E-state index in [1.165, 1.54) is 0 Å². The molecule has 0 fully saturated rings. The van der Waals surface area contributed by atoms with Crippen LogP contribution in [0.15, 0.2) is 34.7 Å². The monoisotopic (exact) mass is 216 g/mol. The Morgan fingerprint density at radius 3 is 2.44 bits per heavy atom. The van der Waals surface area contributed by atoms with Gasteiger partial charge in [-0.3, -0.25) is 0 Å². The third-order valence-electron chi connectivity index (χ3n) is 2.91. The van der Waals surface area contributed by atoms with E-state index in [1.807, 2.05) is 30.3 Å². The highest BCUT2D eigenvalue weighted by molar-refractivity contribution is 5.51. The van der Waals surface area contributed by atoms with Gasteiger partial charge in [-0.2, -0.15) is 0 Å². The first-order valence-electron chi connectivity index (χ1n) is 5.53. The van der Waals surface area contributed by atoms with Gasteiger partial charge in [0.05, 0.1) is 0 Å². The van der Waals surface area contributed by atoms with Gasteiger partial charge in [0.15, 0.2) is 0 Å². The Labute approximate surface area is 95.5 Å². The number of nitrogens with zero attached hydrogens (tertiary/aromatic N) is 2. The van der Waals surface area contributed by atoms with Crippen molar-refractivity contribution in [2.24, 2.45) is 0 Å². The van der Waals surface area contributed by atoms with Crippen LogP contribution in [0.3, 0.4) is 0 Å². The number of rotatable bonds is 3. The summed E-state index contributed by atoms with van der Waals surface area (Å²) in [7, 11) is 0. The number of aromatic nitrogens is 2. The van der Waals surface area contributed by atoms with Crippen LogP contribution in [-0.2, 0) is 5.41 Å². The summed E-state index contributed by atoms with van der Waals surface area (Å²) in [5.74, 6) is 1.30. The summed E-state index contributed by atoms with van der Waals surface area (Å²) in [6.45, 7) is 6.33. The fourth-order valence-corrected chi connectivity index (χ4v) is 1.35. The van der Waals surface area contributed by atoms with Crippen LogP contribution in [0.1, 0.15) is 33.1 Å². The molecule has 0 aliphatic rings. The van der Waals surface area contributed by atoms with Crippen molar-refractivity contribution >= 4 is 0 Å². The van der Waals surface area contributed by atoms with Crippen LogP contribution in [0.25, 0.3) is 11.5 Å². The maximum absolute atomic E-state index is 5.70. The van der Waals surface area contributed by atoms with Crippen molar-refractivity contribution in [2.75, 3.05) is 0 Å². The Morgan fingerprint density at radius 1 is 1.12 bits per heavy atom. The lowest BCUT2D eigenvalue weighted by Crippen LogP contribution is -2.15. The molecular weight excluding hydrogens is 200 g/mol. The summed E-state index contributed by atoms with van der Waals surface area (Å²) >= 11 is 0. The minimum Gasteiger partial charge on any atom is -0.420 e. The lowest BCUT2D eigenvalue weighted by atomic mass is 9.90. The zero-order valence-electron chi connectivity index (χ0n) is 9.90. The highest BCUT2D eigenvalue weighted by atomic mass is 16.4. The van der Waals surface area contributed by atoms with Crippen molar-refractivity contribution in [3.05, 3.63) is 36.2 Å². The maximum atomic E-state index is 5.70. The molecule has 3 nitrogen and oxygen atoms in total. The Morgan fingerprint density at radius 2 is 1.81 bits per heavy atom. The van der Waals surface area contributed by atoms with Gasteiger partial charge in [0.25, 0.3) is 0 Å². The normalized spacial score (nSPS) is 11.7. The first-order valence-corrected chi connectivity index (χ1v) is 5.53. The van der Waals surface area contributed by atoms with Crippen LogP contribution in [0, 0.1) is 0 Å². The summed E-state index contributed by atoms with van der Waals surface area (Å²) in [5.41, 5.74) is 0.910. The van der Waals surface area contributed by atoms with Crippen LogP contribution < -0.4 is 0 Å². The molecule has 1 heterocycles. The Balaban J connectivity index is 2.34. The summed E-state index contributed by atoms with van der Waals surface area (Å²) in [6.07, 6.45) is 0.976. The predicted molar refractivity (Wildman–Crippen MR) is 63.1 cm³/mol. The number of hydrogen-bond acceptors (Lipinski definition) is 3. The van der Waals surface area contributed by atoms with Crippen molar-refractivity contribution in [3.63, 3.8) is 0 Å². The van der Waals surface area contributed by atoms with Gasteiger partial charge in [-0.1, -0.05) is 39.0 Å². The molecule has 1 aromatic carbocycles. The zero-order valence-corrected chi connectivity index (χ0v) is 9.90. The molecular formula is C13H16N2O. The quantitative estimate of drug-likeness (QED) is 0.789. The fraction of sp³-hybridized carbons (Fsp3) is 0.385. The van der Waals surface area contributed by atoms with E-state index in [4.69, 9.17) is 4.42 Å². The van der Waals surface area contributed by atoms with Crippen molar-refractivity contribution in [2.45, 2.75) is 32.6 Å². The van der Waals surface area contributed by atoms with Gasteiger partial charge in [0, 0.05) is 11.0 Å². The molecule has 84 valence electrons. The van der Waals surface area contributed by atoms with Gasteiger partial charge in [-0.05, 0) is 18.6 Å². The van der Waals surface area contributed by atoms with E-state index in [2.05, 4.69) is 31.0 Å². The Bertz CT molecular complexity index is 460. The molecule has 0 aliphatic heterocycles. The van der Waals surface area contributed by atoms with Gasteiger partial charge in [0.1, 0.15) is 0 Å². The molecule has 0 radical (unpaired) electrons. The predicted octanol–water partition coefficient (Wildman–Crippen LogP) is 3.42. The standard InChI is InChI=1S/C13H16N2O/c1-4-13(2,3)12-15-14-11(16-12)10-8-6-5-7-9-10/h5-9H,4H2,1-3H3. The van der Waals surface area contributed by atoms with Crippen LogP contribution in [-0.4, -0.2) is 10.2 Å². The van der Waals surface area contributed by atoms with Crippen molar-refractivity contribution in [3.8, 4) is 11.5 Å². The molecule has 0 amide bonds. The minimum atomic E-state index is -0.0555. The summed E-state index contributed by atoms with van der Waals surface area (Å²) < 4.78 is 5.70. The highest BCUT2D eigenvalue weighted by Crippen LogP contribution is 2.27. The molecule has 0 spiro atoms. The van der Waals surface area contributed by atoms with Crippen LogP contribution in [0.5, 0.6) is 0 Å². The average molecular weight is 216 g/mol. The molecule has 16 heavy (non-hydrogen) atoms. The second kappa shape index (κ2) is 4.08. The lowest BCUT2D eigenvalue weighted by Gasteiger charge is -2.16. The van der Waals surface area contributed by atoms with Crippen LogP contribution >= 0.6 is 0 Å². The number of benzene rings is 1. The zero-order chi connectivity index (χ0) is 11.6. The van der Waals surface area contributed by atoms with Crippen molar-refractivity contribution in [1.29, 1.82) is 0 Å². The van der Waals surface area contributed by atoms with Gasteiger partial charge >= 0.3 is 0 Å². The van der Waals surface area contributed by atoms with Gasteiger partial charge < -0.3 is 4.42 Å². The van der Waals surface area contributed by atoms with Crippen LogP contribution in [0.2, 0.25) is 0 Å². The minimum absolute atomic E-state index is 0.0555. The van der Waals surface area contributed by atoms with Gasteiger partial charge in [0.2, 0.25) is 11.8 Å². The smallest absolute Gasteiger partial charge is 0.247 e. The molecule has 1 aromatic heterocycles. The van der Waals surface area contributed by atoms with Crippen LogP contribution in [0.4, 0.5) is 0 Å². The summed E-state index contributed by atoms with van der Waals surface area (Å²) in [6, 6.07) is 9.83. The first-order chi connectivity index (χ1) is 7.63. The summed E-state index contributed by atoms with van der Waals surface area (Å²) in [5, 5.41) is 8.20. The molecule has 3 heteroatoms. The molecule has 0 atom stereocenters. The maximum Gasteiger partial charge on any atom is 0.247 e. The van der Waals surface area contributed by atoms with Crippen molar-refractivity contribution in [1.82, 2.24) is 10.2 Å². The molecule has 0 unspecified atom stereocenters. The third-order valence-corrected chi connectivity index (χ3v) is 2.91. The fourth-order valence-electron chi connectivity index (χ4n) is 1.35. The molecule has 2 rings (SSSR count). The topological polar surface area (TPSA) is 38.9 Å². The summed E-state index contributed by atoms with van der Waals surface area (Å²) in [4.78, 5) is 0. The lowest BCUT2D eigenvalue weighted by molar-refractivity contribution is 0.365. The molecule has 0 aliphatic carbocycles. The third kappa shape index (κ3) is 1.98. The highest BCUT2D eigenvalue weighted by Gasteiger charge is 2.25. The molecule has 2 aromatic rings. The number of hydrogen-bond donors (Lipinski definition) is 0. The Hall–Kier alpha value is -1.64. The van der Waals surface area contributed by atoms with E-state index in [0.717, 1.165) is 12.0 Å². The van der Waals surface area contributed by atoms with Gasteiger partial charge in [-0.15, -0.1) is 10.2 Å². The first kappa shape index (κ1) is 10.9. The van der Waals surface area contributed by atoms with E-state index < -0.39 is 0 Å². The SMILES string of the molecule is CCC(C)(C)c1nnc(-c2ccccc2)o1. The molecule has 0 saturated heterocycles. The largest absolute Gasteiger partial charge is 0.420 e. The van der Waals surface area contributed by atoms with E-state index >= 15 is 0 Å². The van der Waals surface area contributed by atoms with E-state index in [9.17, 15) is 0 Å². The average Bonchev–Trinajstić information content (AvgIpc) is 2.80.